The highest BCUT2D eigenvalue weighted by atomic mass is 16.4. The number of hydrogen-bond donors (Lipinski definition) is 1. The van der Waals surface area contributed by atoms with Crippen LogP contribution >= 0.6 is 0 Å². The fraction of sp³-hybridized carbons (Fsp3) is 0.647. The highest BCUT2D eigenvalue weighted by Crippen LogP contribution is 2.35. The van der Waals surface area contributed by atoms with Crippen molar-refractivity contribution in [2.24, 2.45) is 11.8 Å². The van der Waals surface area contributed by atoms with Gasteiger partial charge >= 0.3 is 5.97 Å². The fourth-order valence-corrected chi connectivity index (χ4v) is 3.57. The zero-order chi connectivity index (χ0) is 15.2. The van der Waals surface area contributed by atoms with Crippen LogP contribution < -0.4 is 0 Å². The molecule has 0 spiro atoms. The van der Waals surface area contributed by atoms with E-state index in [0.717, 1.165) is 25.8 Å². The molecule has 4 heteroatoms. The molecule has 1 aromatic heterocycles. The van der Waals surface area contributed by atoms with Gasteiger partial charge in [-0.1, -0.05) is 19.8 Å². The zero-order valence-corrected chi connectivity index (χ0v) is 13.0. The highest BCUT2D eigenvalue weighted by Gasteiger charge is 2.36. The molecule has 1 aliphatic carbocycles. The Labute approximate surface area is 127 Å². The first-order valence-electron chi connectivity index (χ1n) is 7.93. The van der Waals surface area contributed by atoms with Gasteiger partial charge in [0.2, 0.25) is 0 Å². The summed E-state index contributed by atoms with van der Waals surface area (Å²) in [6, 6.07) is 4.14. The van der Waals surface area contributed by atoms with Crippen molar-refractivity contribution < 1.29 is 9.90 Å². The van der Waals surface area contributed by atoms with Gasteiger partial charge in [0.15, 0.2) is 0 Å². The van der Waals surface area contributed by atoms with Crippen LogP contribution in [0, 0.1) is 11.8 Å². The number of aromatic nitrogens is 1. The van der Waals surface area contributed by atoms with Crippen LogP contribution in [0.25, 0.3) is 0 Å². The minimum absolute atomic E-state index is 0.140. The molecule has 4 nitrogen and oxygen atoms in total. The summed E-state index contributed by atoms with van der Waals surface area (Å²) in [5.41, 5.74) is 1.19. The number of nitrogens with zero attached hydrogens (tertiary/aromatic N) is 2. The van der Waals surface area contributed by atoms with Crippen molar-refractivity contribution in [3.05, 3.63) is 30.1 Å². The van der Waals surface area contributed by atoms with E-state index in [9.17, 15) is 9.90 Å². The van der Waals surface area contributed by atoms with Crippen molar-refractivity contribution in [2.45, 2.75) is 51.6 Å². The lowest BCUT2D eigenvalue weighted by Gasteiger charge is -2.39. The van der Waals surface area contributed by atoms with Gasteiger partial charge in [-0.15, -0.1) is 0 Å². The van der Waals surface area contributed by atoms with Crippen molar-refractivity contribution in [3.63, 3.8) is 0 Å². The van der Waals surface area contributed by atoms with Gasteiger partial charge in [0, 0.05) is 25.0 Å². The third-order valence-corrected chi connectivity index (χ3v) is 4.69. The normalized spacial score (nSPS) is 26.0. The van der Waals surface area contributed by atoms with Crippen molar-refractivity contribution >= 4 is 5.97 Å². The van der Waals surface area contributed by atoms with Crippen molar-refractivity contribution in [2.75, 3.05) is 7.05 Å². The molecule has 3 unspecified atom stereocenters. The summed E-state index contributed by atoms with van der Waals surface area (Å²) in [4.78, 5) is 17.8. The Balaban J connectivity index is 2.05. The smallest absolute Gasteiger partial charge is 0.308 e. The molecule has 21 heavy (non-hydrogen) atoms. The van der Waals surface area contributed by atoms with Crippen LogP contribution in [-0.4, -0.2) is 34.0 Å². The lowest BCUT2D eigenvalue weighted by molar-refractivity contribution is -0.146. The molecule has 3 atom stereocenters. The van der Waals surface area contributed by atoms with Gasteiger partial charge in [-0.25, -0.2) is 0 Å². The molecule has 1 heterocycles. The van der Waals surface area contributed by atoms with E-state index < -0.39 is 5.97 Å². The summed E-state index contributed by atoms with van der Waals surface area (Å²) < 4.78 is 0. The Kier molecular flexibility index (Phi) is 5.74. The molecule has 1 aromatic rings. The molecule has 2 rings (SSSR count). The maximum atomic E-state index is 11.5. The number of carboxylic acid groups (broad SMARTS) is 1. The second-order valence-electron chi connectivity index (χ2n) is 6.25. The van der Waals surface area contributed by atoms with Crippen LogP contribution in [0.15, 0.2) is 24.5 Å². The Bertz CT molecular complexity index is 449. The van der Waals surface area contributed by atoms with E-state index in [2.05, 4.69) is 23.9 Å². The summed E-state index contributed by atoms with van der Waals surface area (Å²) >= 11 is 0. The van der Waals surface area contributed by atoms with Crippen molar-refractivity contribution in [1.29, 1.82) is 0 Å². The Hall–Kier alpha value is -1.42. The summed E-state index contributed by atoms with van der Waals surface area (Å²) in [6.45, 7) is 2.99. The van der Waals surface area contributed by atoms with E-state index in [1.807, 2.05) is 12.1 Å². The molecular weight excluding hydrogens is 264 g/mol. The molecule has 116 valence electrons. The highest BCUT2D eigenvalue weighted by molar-refractivity contribution is 5.71. The Morgan fingerprint density at radius 3 is 2.71 bits per heavy atom. The number of carboxylic acids is 1. The van der Waals surface area contributed by atoms with Crippen LogP contribution in [0.2, 0.25) is 0 Å². The van der Waals surface area contributed by atoms with Gasteiger partial charge < -0.3 is 5.11 Å². The second kappa shape index (κ2) is 7.55. The molecular formula is C17H26N2O2. The zero-order valence-electron chi connectivity index (χ0n) is 13.0. The molecule has 1 aliphatic rings. The summed E-state index contributed by atoms with van der Waals surface area (Å²) in [7, 11) is 2.05. The molecule has 0 aromatic carbocycles. The number of hydrogen-bond acceptors (Lipinski definition) is 3. The largest absolute Gasteiger partial charge is 0.481 e. The average Bonchev–Trinajstić information content (AvgIpc) is 2.48. The summed E-state index contributed by atoms with van der Waals surface area (Å²) in [6.07, 6.45) is 8.86. The third kappa shape index (κ3) is 4.27. The number of rotatable bonds is 6. The topological polar surface area (TPSA) is 53.4 Å². The first-order valence-corrected chi connectivity index (χ1v) is 7.93. The maximum Gasteiger partial charge on any atom is 0.308 e. The molecule has 0 bridgehead atoms. The molecule has 0 amide bonds. The predicted molar refractivity (Wildman–Crippen MR) is 82.9 cm³/mol. The van der Waals surface area contributed by atoms with Crippen molar-refractivity contribution in [3.8, 4) is 0 Å². The number of aliphatic carboxylic acids is 1. The molecule has 1 fully saturated rings. The van der Waals surface area contributed by atoms with E-state index in [4.69, 9.17) is 0 Å². The Morgan fingerprint density at radius 1 is 1.38 bits per heavy atom. The minimum atomic E-state index is -0.642. The third-order valence-electron chi connectivity index (χ3n) is 4.69. The monoisotopic (exact) mass is 290 g/mol. The summed E-state index contributed by atoms with van der Waals surface area (Å²) in [5, 5.41) is 9.50. The molecule has 1 saturated carbocycles. The van der Waals surface area contributed by atoms with E-state index in [1.165, 1.54) is 18.4 Å². The predicted octanol–water partition coefficient (Wildman–Crippen LogP) is 3.18. The first kappa shape index (κ1) is 16.0. The van der Waals surface area contributed by atoms with Gasteiger partial charge in [0.05, 0.1) is 5.92 Å². The van der Waals surface area contributed by atoms with Gasteiger partial charge in [-0.05, 0) is 49.9 Å². The van der Waals surface area contributed by atoms with Crippen LogP contribution in [0.1, 0.15) is 44.6 Å². The number of carbonyl (C=O) groups is 1. The van der Waals surface area contributed by atoms with Crippen LogP contribution in [0.3, 0.4) is 0 Å². The SMILES string of the molecule is CCCC1CCC(C(=O)O)C(N(C)Cc2ccncc2)C1. The first-order chi connectivity index (χ1) is 10.1. The second-order valence-corrected chi connectivity index (χ2v) is 6.25. The van der Waals surface area contributed by atoms with Gasteiger partial charge in [0.25, 0.3) is 0 Å². The molecule has 1 N–H and O–H groups in total. The van der Waals surface area contributed by atoms with Crippen LogP contribution in [-0.2, 0) is 11.3 Å². The maximum absolute atomic E-state index is 11.5. The lowest BCUT2D eigenvalue weighted by Crippen LogP contribution is -2.45. The average molecular weight is 290 g/mol. The van der Waals surface area contributed by atoms with E-state index in [0.29, 0.717) is 5.92 Å². The van der Waals surface area contributed by atoms with Crippen LogP contribution in [0.5, 0.6) is 0 Å². The standard InChI is InChI=1S/C17H26N2O2/c1-3-4-13-5-6-15(17(20)21)16(11-13)19(2)12-14-7-9-18-10-8-14/h7-10,13,15-16H,3-6,11-12H2,1-2H3,(H,20,21). The molecule has 0 saturated heterocycles. The minimum Gasteiger partial charge on any atom is -0.481 e. The van der Waals surface area contributed by atoms with Crippen molar-refractivity contribution in [1.82, 2.24) is 9.88 Å². The van der Waals surface area contributed by atoms with Crippen LogP contribution in [0.4, 0.5) is 0 Å². The Morgan fingerprint density at radius 2 is 2.10 bits per heavy atom. The van der Waals surface area contributed by atoms with E-state index >= 15 is 0 Å². The molecule has 0 radical (unpaired) electrons. The quantitative estimate of drug-likeness (QED) is 0.874. The molecule has 0 aliphatic heterocycles. The van der Waals surface area contributed by atoms with E-state index in [-0.39, 0.29) is 12.0 Å². The fourth-order valence-electron chi connectivity index (χ4n) is 3.57. The van der Waals surface area contributed by atoms with Gasteiger partial charge in [-0.3, -0.25) is 14.7 Å². The van der Waals surface area contributed by atoms with Gasteiger partial charge in [0.1, 0.15) is 0 Å². The van der Waals surface area contributed by atoms with Gasteiger partial charge in [-0.2, -0.15) is 0 Å². The summed E-state index contributed by atoms with van der Waals surface area (Å²) in [5.74, 6) is -0.197. The number of pyridine rings is 1. The van der Waals surface area contributed by atoms with E-state index in [1.54, 1.807) is 12.4 Å². The lowest BCUT2D eigenvalue weighted by atomic mass is 9.76.